The van der Waals surface area contributed by atoms with Crippen molar-refractivity contribution in [1.82, 2.24) is 4.90 Å². The summed E-state index contributed by atoms with van der Waals surface area (Å²) in [5.74, 6) is -2.40. The van der Waals surface area contributed by atoms with E-state index in [1.807, 2.05) is 13.8 Å². The van der Waals surface area contributed by atoms with Crippen molar-refractivity contribution >= 4 is 81.5 Å². The Labute approximate surface area is 166 Å². The maximum atomic E-state index is 12.7. The number of hydrogen-bond donors (Lipinski definition) is 1. The van der Waals surface area contributed by atoms with E-state index in [9.17, 15) is 19.5 Å². The molecule has 23 heavy (non-hydrogen) atoms. The second-order valence-electron chi connectivity index (χ2n) is 5.47. The molecule has 1 N–H and O–H groups in total. The number of nitrogens with zero attached hydrogens (tertiary/aromatic N) is 1. The number of carboxylic acids is 1. The van der Waals surface area contributed by atoms with Crippen molar-refractivity contribution in [2.75, 3.05) is 0 Å². The fourth-order valence-electron chi connectivity index (χ4n) is 2.41. The lowest BCUT2D eigenvalue weighted by atomic mass is 10.0. The summed E-state index contributed by atoms with van der Waals surface area (Å²) >= 11 is 13.3. The first-order chi connectivity index (χ1) is 10.6. The van der Waals surface area contributed by atoms with Gasteiger partial charge in [0.05, 0.1) is 11.1 Å². The van der Waals surface area contributed by atoms with Gasteiger partial charge in [-0.3, -0.25) is 14.5 Å². The maximum Gasteiger partial charge on any atom is 0.326 e. The zero-order valence-electron chi connectivity index (χ0n) is 12.0. The van der Waals surface area contributed by atoms with Crippen LogP contribution in [0.5, 0.6) is 0 Å². The van der Waals surface area contributed by atoms with Gasteiger partial charge in [-0.05, 0) is 76.1 Å². The number of halogens is 4. The molecule has 0 radical (unpaired) electrons. The molecule has 1 unspecified atom stereocenters. The first kappa shape index (κ1) is 19.1. The lowest BCUT2D eigenvalue weighted by Gasteiger charge is -2.23. The normalized spacial score (nSPS) is 15.3. The number of carbonyl (C=O) groups is 3. The highest BCUT2D eigenvalue weighted by Gasteiger charge is 2.46. The number of amides is 2. The molecule has 2 amide bonds. The monoisotopic (exact) mass is 573 g/mol. The molecule has 0 saturated carbocycles. The van der Waals surface area contributed by atoms with Gasteiger partial charge in [0, 0.05) is 17.9 Å². The van der Waals surface area contributed by atoms with E-state index in [4.69, 9.17) is 0 Å². The number of carboxylic acid groups (broad SMARTS) is 1. The van der Waals surface area contributed by atoms with Crippen LogP contribution in [0, 0.1) is 5.92 Å². The Morgan fingerprint density at radius 1 is 0.957 bits per heavy atom. The van der Waals surface area contributed by atoms with Crippen LogP contribution in [0.2, 0.25) is 0 Å². The summed E-state index contributed by atoms with van der Waals surface area (Å²) in [6.07, 6.45) is 0.193. The van der Waals surface area contributed by atoms with Crippen LogP contribution in [0.1, 0.15) is 41.0 Å². The molecule has 0 aliphatic carbocycles. The molecule has 1 aliphatic heterocycles. The summed E-state index contributed by atoms with van der Waals surface area (Å²) in [4.78, 5) is 37.9. The third-order valence-corrected chi connectivity index (χ3v) is 8.19. The number of carbonyl (C=O) groups excluding carboxylic acids is 2. The molecule has 9 heteroatoms. The highest BCUT2D eigenvalue weighted by atomic mass is 79.9. The Morgan fingerprint density at radius 3 is 1.65 bits per heavy atom. The Hall–Kier alpha value is -0.250. The molecule has 1 aromatic rings. The minimum Gasteiger partial charge on any atom is -0.480 e. The third-order valence-electron chi connectivity index (χ3n) is 3.42. The van der Waals surface area contributed by atoms with Crippen molar-refractivity contribution in [3.8, 4) is 0 Å². The summed E-state index contributed by atoms with van der Waals surface area (Å²) < 4.78 is 1.97. The van der Waals surface area contributed by atoms with Crippen molar-refractivity contribution < 1.29 is 19.5 Å². The zero-order valence-corrected chi connectivity index (χ0v) is 18.3. The lowest BCUT2D eigenvalue weighted by Crippen LogP contribution is -2.45. The molecule has 124 valence electrons. The maximum absolute atomic E-state index is 12.7. The molecule has 0 spiro atoms. The molecule has 0 aromatic heterocycles. The van der Waals surface area contributed by atoms with E-state index in [2.05, 4.69) is 63.7 Å². The van der Waals surface area contributed by atoms with Crippen LogP contribution in [0.4, 0.5) is 0 Å². The number of benzene rings is 1. The molecule has 0 fully saturated rings. The van der Waals surface area contributed by atoms with Gasteiger partial charge in [-0.25, -0.2) is 4.79 Å². The standard InChI is InChI=1S/C14H11Br4NO4/c1-4(2)3-5(14(22)23)19-12(20)6-7(13(19)21)9(16)11(18)10(17)8(6)15/h4-5H,3H2,1-2H3,(H,22,23). The molecule has 1 aliphatic rings. The van der Waals surface area contributed by atoms with Gasteiger partial charge in [-0.1, -0.05) is 13.8 Å². The summed E-state index contributed by atoms with van der Waals surface area (Å²) in [6.45, 7) is 3.68. The Balaban J connectivity index is 2.64. The fourth-order valence-corrected chi connectivity index (χ4v) is 4.87. The highest BCUT2D eigenvalue weighted by molar-refractivity contribution is 9.15. The van der Waals surface area contributed by atoms with E-state index in [-0.39, 0.29) is 23.5 Å². The lowest BCUT2D eigenvalue weighted by molar-refractivity contribution is -0.142. The van der Waals surface area contributed by atoms with Crippen LogP contribution in [0.25, 0.3) is 0 Å². The molecular formula is C14H11Br4NO4. The summed E-state index contributed by atoms with van der Waals surface area (Å²) in [6, 6.07) is -1.20. The smallest absolute Gasteiger partial charge is 0.326 e. The number of imide groups is 1. The minimum absolute atomic E-state index is 0.0192. The van der Waals surface area contributed by atoms with Crippen molar-refractivity contribution in [2.24, 2.45) is 5.92 Å². The van der Waals surface area contributed by atoms with Crippen LogP contribution < -0.4 is 0 Å². The summed E-state index contributed by atoms with van der Waals surface area (Å²) in [7, 11) is 0. The molecule has 1 heterocycles. The largest absolute Gasteiger partial charge is 0.480 e. The molecule has 5 nitrogen and oxygen atoms in total. The first-order valence-corrected chi connectivity index (χ1v) is 9.73. The van der Waals surface area contributed by atoms with Crippen LogP contribution in [-0.4, -0.2) is 33.8 Å². The Kier molecular flexibility index (Phi) is 5.75. The zero-order chi connectivity index (χ0) is 17.6. The van der Waals surface area contributed by atoms with E-state index in [0.717, 1.165) is 4.90 Å². The van der Waals surface area contributed by atoms with Gasteiger partial charge >= 0.3 is 5.97 Å². The molecule has 1 atom stereocenters. The second kappa shape index (κ2) is 6.93. The van der Waals surface area contributed by atoms with Crippen LogP contribution >= 0.6 is 63.7 Å². The summed E-state index contributed by atoms with van der Waals surface area (Å²) in [5.41, 5.74) is 0.318. The van der Waals surface area contributed by atoms with Gasteiger partial charge in [-0.15, -0.1) is 0 Å². The van der Waals surface area contributed by atoms with E-state index >= 15 is 0 Å². The quantitative estimate of drug-likeness (QED) is 0.317. The van der Waals surface area contributed by atoms with Gasteiger partial charge in [0.2, 0.25) is 0 Å². The predicted octanol–water partition coefficient (Wildman–Crippen LogP) is 4.83. The van der Waals surface area contributed by atoms with Gasteiger partial charge in [0.25, 0.3) is 11.8 Å². The van der Waals surface area contributed by atoms with Crippen molar-refractivity contribution in [2.45, 2.75) is 26.3 Å². The molecule has 0 saturated heterocycles. The predicted molar refractivity (Wildman–Crippen MR) is 98.6 cm³/mol. The highest BCUT2D eigenvalue weighted by Crippen LogP contribution is 2.45. The van der Waals surface area contributed by atoms with Gasteiger partial charge < -0.3 is 5.11 Å². The molecule has 0 bridgehead atoms. The van der Waals surface area contributed by atoms with Crippen LogP contribution in [-0.2, 0) is 4.79 Å². The first-order valence-electron chi connectivity index (χ1n) is 6.56. The average molecular weight is 577 g/mol. The van der Waals surface area contributed by atoms with Crippen molar-refractivity contribution in [3.05, 3.63) is 29.0 Å². The minimum atomic E-state index is -1.20. The van der Waals surface area contributed by atoms with Gasteiger partial charge in [-0.2, -0.15) is 0 Å². The second-order valence-corrected chi connectivity index (χ2v) is 8.64. The fraction of sp³-hybridized carbons (Fsp3) is 0.357. The van der Waals surface area contributed by atoms with Crippen LogP contribution in [0.3, 0.4) is 0 Å². The van der Waals surface area contributed by atoms with E-state index in [1.54, 1.807) is 0 Å². The molecular weight excluding hydrogens is 566 g/mol. The number of rotatable bonds is 4. The SMILES string of the molecule is CC(C)CC(C(=O)O)N1C(=O)c2c(Br)c(Br)c(Br)c(Br)c2C1=O. The average Bonchev–Trinajstić information content (AvgIpc) is 2.71. The molecule has 1 aromatic carbocycles. The van der Waals surface area contributed by atoms with Gasteiger partial charge in [0.1, 0.15) is 6.04 Å². The Morgan fingerprint density at radius 2 is 1.35 bits per heavy atom. The summed E-state index contributed by atoms with van der Waals surface area (Å²) in [5, 5.41) is 9.46. The number of hydrogen-bond acceptors (Lipinski definition) is 3. The molecule has 2 rings (SSSR count). The van der Waals surface area contributed by atoms with Gasteiger partial charge in [0.15, 0.2) is 0 Å². The van der Waals surface area contributed by atoms with E-state index < -0.39 is 23.8 Å². The van der Waals surface area contributed by atoms with E-state index in [0.29, 0.717) is 17.9 Å². The topological polar surface area (TPSA) is 74.7 Å². The number of fused-ring (bicyclic) bond motifs is 1. The third kappa shape index (κ3) is 3.17. The Bertz CT molecular complexity index is 685. The van der Waals surface area contributed by atoms with Crippen molar-refractivity contribution in [1.29, 1.82) is 0 Å². The van der Waals surface area contributed by atoms with Crippen LogP contribution in [0.15, 0.2) is 17.9 Å². The van der Waals surface area contributed by atoms with Crippen molar-refractivity contribution in [3.63, 3.8) is 0 Å². The number of aliphatic carboxylic acids is 1. The van der Waals surface area contributed by atoms with E-state index in [1.165, 1.54) is 0 Å².